The molecule has 0 aromatic heterocycles. The number of hydrogen-bond donors (Lipinski definition) is 4. The number of carboxylic acid groups (broad SMARTS) is 1. The topological polar surface area (TPSA) is 125 Å². The lowest BCUT2D eigenvalue weighted by Crippen LogP contribution is -2.42. The summed E-state index contributed by atoms with van der Waals surface area (Å²) in [6.07, 6.45) is 0.961. The highest BCUT2D eigenvalue weighted by atomic mass is 16.4. The van der Waals surface area contributed by atoms with Gasteiger partial charge in [-0.2, -0.15) is 0 Å². The summed E-state index contributed by atoms with van der Waals surface area (Å²) in [6, 6.07) is 23.6. The lowest BCUT2D eigenvalue weighted by Gasteiger charge is -2.18. The quantitative estimate of drug-likeness (QED) is 0.393. The summed E-state index contributed by atoms with van der Waals surface area (Å²) in [5.41, 5.74) is 1.14. The predicted molar refractivity (Wildman–Crippen MR) is 126 cm³/mol. The van der Waals surface area contributed by atoms with Crippen molar-refractivity contribution in [3.05, 3.63) is 120 Å². The zero-order chi connectivity index (χ0) is 24.3. The highest BCUT2D eigenvalue weighted by molar-refractivity contribution is 5.98. The van der Waals surface area contributed by atoms with Gasteiger partial charge in [-0.15, -0.1) is 0 Å². The van der Waals surface area contributed by atoms with Crippen LogP contribution in [0.25, 0.3) is 0 Å². The molecule has 8 nitrogen and oxygen atoms in total. The minimum absolute atomic E-state index is 0.110. The van der Waals surface area contributed by atoms with Crippen LogP contribution in [-0.2, 0) is 4.79 Å². The standard InChI is InChI=1S/C26H23N3O5/c30-23(18-10-4-1-5-11-18)27-17-21(28-24(31)19-12-6-2-7-13-19)16-22(26(33)34)29-25(32)20-14-8-3-9-15-20/h1-15,17,22H,16H2,(H,27,30)(H,28,31)(H,29,32)(H,33,34)/b21-17-. The van der Waals surface area contributed by atoms with Crippen molar-refractivity contribution in [3.8, 4) is 0 Å². The Labute approximate surface area is 196 Å². The highest BCUT2D eigenvalue weighted by Gasteiger charge is 2.23. The van der Waals surface area contributed by atoms with Gasteiger partial charge in [0.05, 0.1) is 0 Å². The molecule has 4 N–H and O–H groups in total. The molecule has 172 valence electrons. The zero-order valence-corrected chi connectivity index (χ0v) is 18.1. The van der Waals surface area contributed by atoms with Crippen molar-refractivity contribution in [2.24, 2.45) is 0 Å². The number of carboxylic acids is 1. The van der Waals surface area contributed by atoms with Gasteiger partial charge in [0.15, 0.2) is 0 Å². The summed E-state index contributed by atoms with van der Waals surface area (Å²) in [7, 11) is 0. The van der Waals surface area contributed by atoms with Gasteiger partial charge in [-0.25, -0.2) is 4.79 Å². The summed E-state index contributed by atoms with van der Waals surface area (Å²) in [6.45, 7) is 0. The van der Waals surface area contributed by atoms with Crippen LogP contribution in [0.4, 0.5) is 0 Å². The van der Waals surface area contributed by atoms with Crippen LogP contribution in [-0.4, -0.2) is 34.8 Å². The van der Waals surface area contributed by atoms with Crippen LogP contribution >= 0.6 is 0 Å². The van der Waals surface area contributed by atoms with Crippen LogP contribution < -0.4 is 16.0 Å². The molecular weight excluding hydrogens is 434 g/mol. The predicted octanol–water partition coefficient (Wildman–Crippen LogP) is 2.96. The Morgan fingerprint density at radius 1 is 0.676 bits per heavy atom. The molecule has 8 heteroatoms. The fourth-order valence-electron chi connectivity index (χ4n) is 3.03. The van der Waals surface area contributed by atoms with Gasteiger partial charge in [-0.05, 0) is 36.4 Å². The number of hydrogen-bond acceptors (Lipinski definition) is 4. The molecule has 0 fully saturated rings. The fraction of sp³-hybridized carbons (Fsp3) is 0.0769. The third-order valence-electron chi connectivity index (χ3n) is 4.79. The summed E-state index contributed by atoms with van der Waals surface area (Å²) in [5, 5.41) is 17.3. The zero-order valence-electron chi connectivity index (χ0n) is 18.1. The second-order valence-corrected chi connectivity index (χ2v) is 7.26. The number of rotatable bonds is 9. The molecule has 1 atom stereocenters. The van der Waals surface area contributed by atoms with Crippen LogP contribution in [0.5, 0.6) is 0 Å². The number of carbonyl (C=O) groups is 4. The lowest BCUT2D eigenvalue weighted by atomic mass is 10.1. The van der Waals surface area contributed by atoms with Gasteiger partial charge in [0.2, 0.25) is 0 Å². The summed E-state index contributed by atoms with van der Waals surface area (Å²) < 4.78 is 0. The maximum Gasteiger partial charge on any atom is 0.326 e. The Morgan fingerprint density at radius 2 is 1.12 bits per heavy atom. The Hall–Kier alpha value is -4.72. The maximum atomic E-state index is 12.7. The highest BCUT2D eigenvalue weighted by Crippen LogP contribution is 2.08. The molecule has 0 spiro atoms. The van der Waals surface area contributed by atoms with Crippen LogP contribution in [0.3, 0.4) is 0 Å². The molecule has 1 unspecified atom stereocenters. The summed E-state index contributed by atoms with van der Waals surface area (Å²) >= 11 is 0. The molecule has 0 heterocycles. The number of aliphatic carboxylic acids is 1. The van der Waals surface area contributed by atoms with Crippen LogP contribution in [0, 0.1) is 0 Å². The smallest absolute Gasteiger partial charge is 0.326 e. The van der Waals surface area contributed by atoms with Gasteiger partial charge in [0, 0.05) is 35.0 Å². The van der Waals surface area contributed by atoms with E-state index >= 15 is 0 Å². The monoisotopic (exact) mass is 457 g/mol. The van der Waals surface area contributed by atoms with Crippen molar-refractivity contribution in [2.75, 3.05) is 0 Å². The molecule has 3 aromatic rings. The number of nitrogens with one attached hydrogen (secondary N) is 3. The van der Waals surface area contributed by atoms with Crippen molar-refractivity contribution in [2.45, 2.75) is 12.5 Å². The van der Waals surface area contributed by atoms with Gasteiger partial charge in [0.1, 0.15) is 6.04 Å². The Balaban J connectivity index is 1.80. The van der Waals surface area contributed by atoms with E-state index in [0.717, 1.165) is 0 Å². The maximum absolute atomic E-state index is 12.7. The molecule has 0 saturated carbocycles. The van der Waals surface area contributed by atoms with Gasteiger partial charge in [-0.1, -0.05) is 54.6 Å². The molecule has 0 aliphatic rings. The van der Waals surface area contributed by atoms with E-state index in [2.05, 4.69) is 16.0 Å². The second kappa shape index (κ2) is 11.8. The van der Waals surface area contributed by atoms with Crippen molar-refractivity contribution < 1.29 is 24.3 Å². The van der Waals surface area contributed by atoms with E-state index in [9.17, 15) is 24.3 Å². The molecule has 0 aliphatic carbocycles. The van der Waals surface area contributed by atoms with Crippen molar-refractivity contribution in [3.63, 3.8) is 0 Å². The van der Waals surface area contributed by atoms with Gasteiger partial charge >= 0.3 is 5.97 Å². The van der Waals surface area contributed by atoms with Gasteiger partial charge < -0.3 is 21.1 Å². The fourth-order valence-corrected chi connectivity index (χ4v) is 3.03. The molecule has 0 saturated heterocycles. The molecule has 0 bridgehead atoms. The van der Waals surface area contributed by atoms with E-state index in [0.29, 0.717) is 16.7 Å². The molecule has 0 aliphatic heterocycles. The van der Waals surface area contributed by atoms with E-state index in [4.69, 9.17) is 0 Å². The van der Waals surface area contributed by atoms with E-state index in [1.807, 2.05) is 0 Å². The van der Waals surface area contributed by atoms with Gasteiger partial charge in [0.25, 0.3) is 17.7 Å². The molecular formula is C26H23N3O5. The number of carbonyl (C=O) groups excluding carboxylic acids is 3. The average molecular weight is 457 g/mol. The molecule has 3 amide bonds. The molecule has 0 radical (unpaired) electrons. The first-order chi connectivity index (χ1) is 16.4. The van der Waals surface area contributed by atoms with Gasteiger partial charge in [-0.3, -0.25) is 14.4 Å². The summed E-state index contributed by atoms with van der Waals surface area (Å²) in [4.78, 5) is 49.5. The van der Waals surface area contributed by atoms with Crippen molar-refractivity contribution >= 4 is 23.7 Å². The SMILES string of the molecule is O=C(N/C=C(/CC(NC(=O)c1ccccc1)C(=O)O)NC(=O)c1ccccc1)c1ccccc1. The molecule has 34 heavy (non-hydrogen) atoms. The summed E-state index contributed by atoms with van der Waals surface area (Å²) in [5.74, 6) is -2.79. The van der Waals surface area contributed by atoms with Crippen molar-refractivity contribution in [1.29, 1.82) is 0 Å². The third-order valence-corrected chi connectivity index (χ3v) is 4.79. The minimum atomic E-state index is -1.36. The molecule has 3 aromatic carbocycles. The second-order valence-electron chi connectivity index (χ2n) is 7.26. The van der Waals surface area contributed by atoms with E-state index in [1.165, 1.54) is 6.20 Å². The van der Waals surface area contributed by atoms with Crippen LogP contribution in [0.1, 0.15) is 37.5 Å². The van der Waals surface area contributed by atoms with Crippen LogP contribution in [0.15, 0.2) is 103 Å². The third kappa shape index (κ3) is 6.89. The first-order valence-corrected chi connectivity index (χ1v) is 10.4. The van der Waals surface area contributed by atoms with E-state index in [-0.39, 0.29) is 12.1 Å². The van der Waals surface area contributed by atoms with E-state index in [1.54, 1.807) is 91.0 Å². The normalized spacial score (nSPS) is 11.7. The number of benzene rings is 3. The first-order valence-electron chi connectivity index (χ1n) is 10.4. The van der Waals surface area contributed by atoms with Crippen LogP contribution in [0.2, 0.25) is 0 Å². The van der Waals surface area contributed by atoms with Crippen molar-refractivity contribution in [1.82, 2.24) is 16.0 Å². The average Bonchev–Trinajstić information content (AvgIpc) is 2.87. The Morgan fingerprint density at radius 3 is 1.59 bits per heavy atom. The Bertz CT molecular complexity index is 1180. The lowest BCUT2D eigenvalue weighted by molar-refractivity contribution is -0.139. The van der Waals surface area contributed by atoms with E-state index < -0.39 is 29.7 Å². The number of amides is 3. The largest absolute Gasteiger partial charge is 0.480 e. The minimum Gasteiger partial charge on any atom is -0.480 e. The Kier molecular flexibility index (Phi) is 8.29. The molecule has 3 rings (SSSR count). The first kappa shape index (κ1) is 23.9.